The van der Waals surface area contributed by atoms with Crippen molar-refractivity contribution in [1.82, 2.24) is 0 Å². The standard InChI is InChI=1S/AsH2O3.Cu/c2-1(3)4;/h(H2,2,3,4);. The van der Waals surface area contributed by atoms with Crippen LogP contribution < -0.4 is 0 Å². The predicted molar refractivity (Wildman–Crippen MR) is 10.9 cm³/mol. The third-order valence-corrected chi connectivity index (χ3v) is 0. The van der Waals surface area contributed by atoms with Crippen LogP contribution in [0.4, 0.5) is 0 Å². The van der Waals surface area contributed by atoms with Crippen LogP contribution in [0.15, 0.2) is 0 Å². The van der Waals surface area contributed by atoms with Crippen molar-refractivity contribution in [3.05, 3.63) is 0 Å². The molecule has 0 unspecified atom stereocenters. The zero-order chi connectivity index (χ0) is 3.58. The summed E-state index contributed by atoms with van der Waals surface area (Å²) in [7, 11) is 0. The van der Waals surface area contributed by atoms with E-state index in [0.29, 0.717) is 0 Å². The van der Waals surface area contributed by atoms with E-state index in [1.165, 1.54) is 0 Å². The fourth-order valence-electron chi connectivity index (χ4n) is 0. The van der Waals surface area contributed by atoms with Crippen LogP contribution in [0.5, 0.6) is 0 Å². The summed E-state index contributed by atoms with van der Waals surface area (Å²) in [4.78, 5) is 0. The second-order valence-electron chi connectivity index (χ2n) is 0.253. The van der Waals surface area contributed by atoms with Gasteiger partial charge in [0.25, 0.3) is 0 Å². The quantitative estimate of drug-likeness (QED) is 0.450. The van der Waals surface area contributed by atoms with E-state index in [-0.39, 0.29) is 17.1 Å². The molecule has 5 heavy (non-hydrogen) atoms. The maximum Gasteiger partial charge on any atom is 0 e. The van der Waals surface area contributed by atoms with Crippen molar-refractivity contribution in [3.8, 4) is 0 Å². The molecule has 0 aliphatic carbocycles. The third kappa shape index (κ3) is 59.0. The topological polar surface area (TPSA) is 57.5 Å². The van der Waals surface area contributed by atoms with E-state index >= 15 is 0 Å². The van der Waals surface area contributed by atoms with Gasteiger partial charge in [0.2, 0.25) is 0 Å². The van der Waals surface area contributed by atoms with E-state index in [9.17, 15) is 0 Å². The predicted octanol–water partition coefficient (Wildman–Crippen LogP) is -1.62. The Labute approximate surface area is 44.7 Å². The summed E-state index contributed by atoms with van der Waals surface area (Å²) in [6.45, 7) is 0. The van der Waals surface area contributed by atoms with Crippen molar-refractivity contribution >= 4 is 15.3 Å². The van der Waals surface area contributed by atoms with Gasteiger partial charge in [-0.3, -0.25) is 0 Å². The van der Waals surface area contributed by atoms with Gasteiger partial charge < -0.3 is 0 Å². The first kappa shape index (κ1) is 9.25. The van der Waals surface area contributed by atoms with Crippen molar-refractivity contribution in [2.75, 3.05) is 0 Å². The SMILES string of the molecule is O=[As](O)O.[Cu]. The maximum atomic E-state index is 8.78. The number of rotatable bonds is 0. The molecule has 0 spiro atoms. The molecule has 0 aromatic heterocycles. The average molecular weight is 188 g/mol. The minimum absolute atomic E-state index is 0. The van der Waals surface area contributed by atoms with Gasteiger partial charge in [-0.05, 0) is 0 Å². The Morgan fingerprint density at radius 3 is 1.40 bits per heavy atom. The molecule has 0 saturated heterocycles. The first-order valence-electron chi connectivity index (χ1n) is 0.583. The molecule has 2 radical (unpaired) electrons. The fraction of sp³-hybridized carbons (Fsp3) is 0. The summed E-state index contributed by atoms with van der Waals surface area (Å²) < 4.78 is 23.2. The van der Waals surface area contributed by atoms with E-state index in [0.717, 1.165) is 0 Å². The van der Waals surface area contributed by atoms with Crippen LogP contribution in [-0.2, 0) is 20.8 Å². The Kier molecular flexibility index (Phi) is 8.88. The molecule has 0 atom stereocenters. The molecule has 36 valence electrons. The van der Waals surface area contributed by atoms with Gasteiger partial charge in [0.1, 0.15) is 0 Å². The molecular formula is H2AsCuO3. The summed E-state index contributed by atoms with van der Waals surface area (Å²) in [6, 6.07) is 0. The molecular weight excluding hydrogens is 186 g/mol. The Morgan fingerprint density at radius 1 is 1.40 bits per heavy atom. The van der Waals surface area contributed by atoms with Crippen molar-refractivity contribution in [1.29, 1.82) is 0 Å². The van der Waals surface area contributed by atoms with E-state index < -0.39 is 15.3 Å². The molecule has 0 aromatic rings. The van der Waals surface area contributed by atoms with Gasteiger partial charge >= 0.3 is 27.2 Å². The van der Waals surface area contributed by atoms with Crippen molar-refractivity contribution in [2.24, 2.45) is 0 Å². The molecule has 0 amide bonds. The number of hydrogen-bond acceptors (Lipinski definition) is 1. The molecule has 0 rings (SSSR count). The van der Waals surface area contributed by atoms with Crippen molar-refractivity contribution < 1.29 is 29.0 Å². The summed E-state index contributed by atoms with van der Waals surface area (Å²) >= 11 is -3.44. The smallest absolute Gasteiger partial charge is 0 e. The first-order valence-corrected chi connectivity index (χ1v) is 3.03. The minimum Gasteiger partial charge on any atom is 0 e. The molecule has 5 heteroatoms. The first-order chi connectivity index (χ1) is 1.73. The zero-order valence-corrected chi connectivity index (χ0v) is 4.87. The Balaban J connectivity index is 0. The molecule has 0 aliphatic heterocycles. The Morgan fingerprint density at radius 2 is 1.40 bits per heavy atom. The average Bonchev–Trinajstić information content (AvgIpc) is 0.811. The van der Waals surface area contributed by atoms with Crippen LogP contribution in [0.3, 0.4) is 0 Å². The van der Waals surface area contributed by atoms with E-state index in [4.69, 9.17) is 11.9 Å². The monoisotopic (exact) mass is 188 g/mol. The van der Waals surface area contributed by atoms with Gasteiger partial charge in [0.15, 0.2) is 0 Å². The van der Waals surface area contributed by atoms with Gasteiger partial charge in [-0.15, -0.1) is 0 Å². The zero-order valence-electron chi connectivity index (χ0n) is 2.05. The molecule has 0 aromatic carbocycles. The summed E-state index contributed by atoms with van der Waals surface area (Å²) in [5.74, 6) is 0. The van der Waals surface area contributed by atoms with Gasteiger partial charge in [0, 0.05) is 17.1 Å². The largest absolute Gasteiger partial charge is 0 e. The van der Waals surface area contributed by atoms with Crippen LogP contribution in [0, 0.1) is 0 Å². The van der Waals surface area contributed by atoms with Crippen LogP contribution >= 0.6 is 0 Å². The molecule has 0 bridgehead atoms. The van der Waals surface area contributed by atoms with Gasteiger partial charge in [-0.1, -0.05) is 0 Å². The van der Waals surface area contributed by atoms with Crippen molar-refractivity contribution in [3.63, 3.8) is 0 Å². The molecule has 0 fully saturated rings. The van der Waals surface area contributed by atoms with Crippen LogP contribution in [0.2, 0.25) is 0 Å². The van der Waals surface area contributed by atoms with Gasteiger partial charge in [-0.25, -0.2) is 0 Å². The summed E-state index contributed by atoms with van der Waals surface area (Å²) in [5, 5.41) is 0. The van der Waals surface area contributed by atoms with E-state index in [2.05, 4.69) is 0 Å². The van der Waals surface area contributed by atoms with E-state index in [1.807, 2.05) is 0 Å². The Hall–Kier alpha value is 0.798. The summed E-state index contributed by atoms with van der Waals surface area (Å²) in [5.41, 5.74) is 0. The van der Waals surface area contributed by atoms with Crippen LogP contribution in [0.1, 0.15) is 0 Å². The van der Waals surface area contributed by atoms with Crippen molar-refractivity contribution in [2.45, 2.75) is 0 Å². The van der Waals surface area contributed by atoms with Crippen LogP contribution in [0.25, 0.3) is 0 Å². The molecule has 3 nitrogen and oxygen atoms in total. The molecule has 0 saturated carbocycles. The maximum absolute atomic E-state index is 8.78. The van der Waals surface area contributed by atoms with Gasteiger partial charge in [-0.2, -0.15) is 0 Å². The molecule has 0 aliphatic rings. The van der Waals surface area contributed by atoms with E-state index in [1.54, 1.807) is 0 Å². The summed E-state index contributed by atoms with van der Waals surface area (Å²) in [6.07, 6.45) is 0. The molecule has 2 N–H and O–H groups in total. The molecule has 0 heterocycles. The van der Waals surface area contributed by atoms with Gasteiger partial charge in [0.05, 0.1) is 0 Å². The Bertz CT molecular complexity index is 29.9. The second kappa shape index (κ2) is 4.80. The van der Waals surface area contributed by atoms with Crippen LogP contribution in [-0.4, -0.2) is 23.5 Å². The minimum atomic E-state index is -3.44. The normalized spacial score (nSPS) is 5.20. The second-order valence-corrected chi connectivity index (χ2v) is 1.31. The third-order valence-electron chi connectivity index (χ3n) is 0. The number of hydrogen-bond donors (Lipinski definition) is 2. The fourth-order valence-corrected chi connectivity index (χ4v) is 0.